The van der Waals surface area contributed by atoms with Crippen LogP contribution >= 0.6 is 0 Å². The lowest BCUT2D eigenvalue weighted by Gasteiger charge is -2.36. The highest BCUT2D eigenvalue weighted by Gasteiger charge is 2.23. The summed E-state index contributed by atoms with van der Waals surface area (Å²) in [7, 11) is 1.67. The molecule has 1 atom stereocenters. The molecule has 1 aromatic carbocycles. The summed E-state index contributed by atoms with van der Waals surface area (Å²) in [5.41, 5.74) is 1.84. The van der Waals surface area contributed by atoms with Crippen LogP contribution in [-0.4, -0.2) is 62.2 Å². The van der Waals surface area contributed by atoms with Gasteiger partial charge in [0.2, 0.25) is 0 Å². The van der Waals surface area contributed by atoms with Crippen LogP contribution in [0.1, 0.15) is 30.1 Å². The molecule has 2 aliphatic heterocycles. The van der Waals surface area contributed by atoms with E-state index in [1.165, 1.54) is 18.5 Å². The summed E-state index contributed by atoms with van der Waals surface area (Å²) in [6, 6.07) is 12.0. The molecule has 0 bridgehead atoms. The molecule has 29 heavy (non-hydrogen) atoms. The van der Waals surface area contributed by atoms with Crippen molar-refractivity contribution in [2.45, 2.75) is 19.8 Å². The number of anilines is 2. The van der Waals surface area contributed by atoms with E-state index in [0.29, 0.717) is 11.5 Å². The van der Waals surface area contributed by atoms with Crippen LogP contribution in [0.4, 0.5) is 11.5 Å². The molecule has 6 nitrogen and oxygen atoms in total. The third kappa shape index (κ3) is 4.47. The zero-order valence-electron chi connectivity index (χ0n) is 17.4. The monoisotopic (exact) mass is 394 g/mol. The summed E-state index contributed by atoms with van der Waals surface area (Å²) in [5, 5.41) is 0. The summed E-state index contributed by atoms with van der Waals surface area (Å²) < 4.78 is 5.23. The number of amides is 1. The van der Waals surface area contributed by atoms with Crippen LogP contribution in [0.5, 0.6) is 5.75 Å². The average molecular weight is 395 g/mol. The fraction of sp³-hybridized carbons (Fsp3) is 0.478. The molecule has 4 rings (SSSR count). The number of carbonyl (C=O) groups excluding carboxylic acids is 1. The lowest BCUT2D eigenvalue weighted by atomic mass is 10.0. The molecule has 0 aliphatic carbocycles. The Morgan fingerprint density at radius 2 is 1.76 bits per heavy atom. The average Bonchev–Trinajstić information content (AvgIpc) is 2.79. The van der Waals surface area contributed by atoms with Crippen molar-refractivity contribution in [1.82, 2.24) is 9.88 Å². The van der Waals surface area contributed by atoms with E-state index in [1.807, 2.05) is 29.2 Å². The summed E-state index contributed by atoms with van der Waals surface area (Å²) in [5.74, 6) is 2.62. The first-order valence-corrected chi connectivity index (χ1v) is 10.5. The van der Waals surface area contributed by atoms with Gasteiger partial charge in [-0.3, -0.25) is 4.79 Å². The minimum Gasteiger partial charge on any atom is -0.497 e. The van der Waals surface area contributed by atoms with Gasteiger partial charge in [0, 0.05) is 51.2 Å². The van der Waals surface area contributed by atoms with E-state index in [-0.39, 0.29) is 5.91 Å². The van der Waals surface area contributed by atoms with Crippen molar-refractivity contribution < 1.29 is 9.53 Å². The molecule has 154 valence electrons. The van der Waals surface area contributed by atoms with Crippen LogP contribution in [0, 0.1) is 5.92 Å². The third-order valence-corrected chi connectivity index (χ3v) is 5.98. The van der Waals surface area contributed by atoms with Gasteiger partial charge in [-0.15, -0.1) is 0 Å². The van der Waals surface area contributed by atoms with E-state index in [4.69, 9.17) is 4.74 Å². The highest BCUT2D eigenvalue weighted by molar-refractivity contribution is 5.94. The number of ether oxygens (including phenoxy) is 1. The Labute approximate surface area is 173 Å². The number of rotatable bonds is 4. The number of hydrogen-bond acceptors (Lipinski definition) is 5. The number of pyridine rings is 1. The van der Waals surface area contributed by atoms with Crippen molar-refractivity contribution in [1.29, 1.82) is 0 Å². The molecule has 0 saturated carbocycles. The molecular formula is C23H30N4O2. The van der Waals surface area contributed by atoms with Crippen molar-refractivity contribution in [3.05, 3.63) is 48.2 Å². The number of piperidine rings is 1. The largest absolute Gasteiger partial charge is 0.497 e. The van der Waals surface area contributed by atoms with Gasteiger partial charge in [0.05, 0.1) is 12.7 Å². The Hall–Kier alpha value is -2.76. The van der Waals surface area contributed by atoms with Crippen LogP contribution in [0.25, 0.3) is 0 Å². The van der Waals surface area contributed by atoms with Gasteiger partial charge in [0.25, 0.3) is 5.91 Å². The highest BCUT2D eigenvalue weighted by atomic mass is 16.5. The molecule has 1 aromatic heterocycles. The molecule has 6 heteroatoms. The predicted molar refractivity (Wildman–Crippen MR) is 116 cm³/mol. The number of benzene rings is 1. The van der Waals surface area contributed by atoms with Crippen molar-refractivity contribution in [3.8, 4) is 5.75 Å². The first-order valence-electron chi connectivity index (χ1n) is 10.5. The maximum absolute atomic E-state index is 12.9. The molecule has 2 aliphatic rings. The van der Waals surface area contributed by atoms with Crippen molar-refractivity contribution in [2.75, 3.05) is 56.2 Å². The molecule has 0 spiro atoms. The Morgan fingerprint density at radius 1 is 1.00 bits per heavy atom. The molecule has 1 amide bonds. The standard InChI is InChI=1S/C23H30N4O2/c1-18-4-3-11-27(17-18)22-10-5-19(16-24-22)23(28)26-14-12-25(13-15-26)20-6-8-21(29-2)9-7-20/h5-10,16,18H,3-4,11-15,17H2,1-2H3. The first kappa shape index (κ1) is 19.6. The number of methoxy groups -OCH3 is 1. The first-order chi connectivity index (χ1) is 14.1. The van der Waals surface area contributed by atoms with Crippen LogP contribution in [0.15, 0.2) is 42.6 Å². The lowest BCUT2D eigenvalue weighted by molar-refractivity contribution is 0.0746. The SMILES string of the molecule is COc1ccc(N2CCN(C(=O)c3ccc(N4CCCC(C)C4)nc3)CC2)cc1. The Morgan fingerprint density at radius 3 is 2.38 bits per heavy atom. The normalized spacial score (nSPS) is 19.9. The summed E-state index contributed by atoms with van der Waals surface area (Å²) in [6.07, 6.45) is 4.24. The number of piperazine rings is 1. The van der Waals surface area contributed by atoms with Crippen LogP contribution in [-0.2, 0) is 0 Å². The Balaban J connectivity index is 1.34. The summed E-state index contributed by atoms with van der Waals surface area (Å²) in [4.78, 5) is 24.1. The van der Waals surface area contributed by atoms with Crippen molar-refractivity contribution >= 4 is 17.4 Å². The minimum atomic E-state index is 0.0745. The lowest BCUT2D eigenvalue weighted by Crippen LogP contribution is -2.48. The van der Waals surface area contributed by atoms with E-state index in [2.05, 4.69) is 33.8 Å². The van der Waals surface area contributed by atoms with Crippen LogP contribution in [0.2, 0.25) is 0 Å². The Kier molecular flexibility index (Phi) is 5.88. The molecule has 0 radical (unpaired) electrons. The van der Waals surface area contributed by atoms with E-state index < -0.39 is 0 Å². The van der Waals surface area contributed by atoms with Gasteiger partial charge in [-0.2, -0.15) is 0 Å². The maximum atomic E-state index is 12.9. The molecule has 2 saturated heterocycles. The highest BCUT2D eigenvalue weighted by Crippen LogP contribution is 2.23. The van der Waals surface area contributed by atoms with Crippen molar-refractivity contribution in [3.63, 3.8) is 0 Å². The number of carbonyl (C=O) groups is 1. The molecular weight excluding hydrogens is 364 g/mol. The van der Waals surface area contributed by atoms with Crippen LogP contribution < -0.4 is 14.5 Å². The molecule has 2 aromatic rings. The van der Waals surface area contributed by atoms with E-state index in [0.717, 1.165) is 50.8 Å². The van der Waals surface area contributed by atoms with Gasteiger partial charge in [0.15, 0.2) is 0 Å². The minimum absolute atomic E-state index is 0.0745. The zero-order valence-corrected chi connectivity index (χ0v) is 17.4. The van der Waals surface area contributed by atoms with E-state index >= 15 is 0 Å². The molecule has 3 heterocycles. The summed E-state index contributed by atoms with van der Waals surface area (Å²) >= 11 is 0. The van der Waals surface area contributed by atoms with E-state index in [9.17, 15) is 4.79 Å². The van der Waals surface area contributed by atoms with Gasteiger partial charge >= 0.3 is 0 Å². The van der Waals surface area contributed by atoms with Gasteiger partial charge < -0.3 is 19.4 Å². The zero-order chi connectivity index (χ0) is 20.2. The fourth-order valence-corrected chi connectivity index (χ4v) is 4.24. The maximum Gasteiger partial charge on any atom is 0.255 e. The second-order valence-electron chi connectivity index (χ2n) is 8.08. The second-order valence-corrected chi connectivity index (χ2v) is 8.08. The van der Waals surface area contributed by atoms with Gasteiger partial charge in [-0.05, 0) is 55.2 Å². The van der Waals surface area contributed by atoms with Crippen LogP contribution in [0.3, 0.4) is 0 Å². The van der Waals surface area contributed by atoms with Gasteiger partial charge in [0.1, 0.15) is 11.6 Å². The molecule has 1 unspecified atom stereocenters. The predicted octanol–water partition coefficient (Wildman–Crippen LogP) is 3.29. The number of aromatic nitrogens is 1. The number of hydrogen-bond donors (Lipinski definition) is 0. The number of nitrogens with zero attached hydrogens (tertiary/aromatic N) is 4. The van der Waals surface area contributed by atoms with Gasteiger partial charge in [-0.1, -0.05) is 6.92 Å². The summed E-state index contributed by atoms with van der Waals surface area (Å²) in [6.45, 7) is 7.48. The molecule has 2 fully saturated rings. The second kappa shape index (κ2) is 8.72. The van der Waals surface area contributed by atoms with Gasteiger partial charge in [-0.25, -0.2) is 4.98 Å². The smallest absolute Gasteiger partial charge is 0.255 e. The van der Waals surface area contributed by atoms with Crippen molar-refractivity contribution in [2.24, 2.45) is 5.92 Å². The molecule has 0 N–H and O–H groups in total. The third-order valence-electron chi connectivity index (χ3n) is 5.98. The topological polar surface area (TPSA) is 48.9 Å². The fourth-order valence-electron chi connectivity index (χ4n) is 4.24. The quantitative estimate of drug-likeness (QED) is 0.796. The Bertz CT molecular complexity index is 814. The van der Waals surface area contributed by atoms with E-state index in [1.54, 1.807) is 13.3 Å².